The van der Waals surface area contributed by atoms with Crippen molar-refractivity contribution in [2.24, 2.45) is 5.10 Å². The number of morpholine rings is 1. The third-order valence-corrected chi connectivity index (χ3v) is 7.24. The molecule has 9 heteroatoms. The van der Waals surface area contributed by atoms with E-state index in [1.807, 2.05) is 30.3 Å². The quantitative estimate of drug-likeness (QED) is 0.477. The summed E-state index contributed by atoms with van der Waals surface area (Å²) in [4.78, 5) is 30.5. The molecule has 0 aromatic heterocycles. The molecule has 0 N–H and O–H groups in total. The second-order valence-electron chi connectivity index (χ2n) is 9.75. The molecule has 2 aliphatic heterocycles. The van der Waals surface area contributed by atoms with E-state index in [9.17, 15) is 9.59 Å². The van der Waals surface area contributed by atoms with Crippen molar-refractivity contribution in [1.29, 1.82) is 0 Å². The average Bonchev–Trinajstić information content (AvgIpc) is 3.38. The van der Waals surface area contributed by atoms with Crippen LogP contribution in [0.4, 0.5) is 0 Å². The number of aryl methyl sites for hydroxylation is 2. The Labute approximate surface area is 224 Å². The molecule has 1 fully saturated rings. The average molecular weight is 523 g/mol. The van der Waals surface area contributed by atoms with Crippen molar-refractivity contribution >= 4 is 17.5 Å². The van der Waals surface area contributed by atoms with Crippen LogP contribution in [0.3, 0.4) is 0 Å². The van der Waals surface area contributed by atoms with Gasteiger partial charge in [0.05, 0.1) is 32.1 Å². The van der Waals surface area contributed by atoms with Crippen molar-refractivity contribution in [3.8, 4) is 5.75 Å². The number of hydrogen-bond donors (Lipinski definition) is 0. The van der Waals surface area contributed by atoms with E-state index in [-0.39, 0.29) is 31.0 Å². The number of hydrazone groups is 1. The van der Waals surface area contributed by atoms with Crippen LogP contribution in [-0.4, -0.2) is 99.1 Å². The minimum Gasteiger partial charge on any atom is -0.496 e. The van der Waals surface area contributed by atoms with Gasteiger partial charge in [-0.3, -0.25) is 14.5 Å². The normalized spacial score (nSPS) is 17.8. The highest BCUT2D eigenvalue weighted by Gasteiger charge is 2.36. The van der Waals surface area contributed by atoms with E-state index in [1.54, 1.807) is 12.0 Å². The summed E-state index contributed by atoms with van der Waals surface area (Å²) in [5, 5.41) is 6.35. The molecule has 0 bridgehead atoms. The van der Waals surface area contributed by atoms with Gasteiger partial charge in [-0.15, -0.1) is 0 Å². The van der Waals surface area contributed by atoms with Crippen LogP contribution in [0.2, 0.25) is 0 Å². The number of amides is 2. The van der Waals surface area contributed by atoms with E-state index in [0.717, 1.165) is 29.9 Å². The molecular formula is C29H38N4O5. The summed E-state index contributed by atoms with van der Waals surface area (Å²) in [5.41, 5.74) is 5.08. The Bertz CT molecular complexity index is 1160. The van der Waals surface area contributed by atoms with Crippen molar-refractivity contribution in [2.75, 3.05) is 66.8 Å². The Hall–Kier alpha value is -3.27. The molecule has 204 valence electrons. The van der Waals surface area contributed by atoms with E-state index in [0.29, 0.717) is 38.5 Å². The Morgan fingerprint density at radius 2 is 1.84 bits per heavy atom. The second kappa shape index (κ2) is 13.0. The number of benzene rings is 2. The molecule has 38 heavy (non-hydrogen) atoms. The SMILES string of the molecule is COCC(=O)N(CCN1CCOCC1)CC(=O)N1N=C(c2ccc(C)c(C)c2)CC1c1ccccc1OC. The second-order valence-corrected chi connectivity index (χ2v) is 9.75. The molecule has 4 rings (SSSR count). The summed E-state index contributed by atoms with van der Waals surface area (Å²) in [5.74, 6) is 0.234. The molecule has 1 saturated heterocycles. The number of methoxy groups -OCH3 is 2. The first kappa shape index (κ1) is 27.8. The minimum absolute atomic E-state index is 0.0799. The van der Waals surface area contributed by atoms with Gasteiger partial charge in [0.25, 0.3) is 5.91 Å². The van der Waals surface area contributed by atoms with Gasteiger partial charge < -0.3 is 19.1 Å². The summed E-state index contributed by atoms with van der Waals surface area (Å²) in [6, 6.07) is 13.6. The van der Waals surface area contributed by atoms with Gasteiger partial charge in [-0.2, -0.15) is 5.10 Å². The van der Waals surface area contributed by atoms with Crippen LogP contribution in [0.5, 0.6) is 5.75 Å². The van der Waals surface area contributed by atoms with E-state index in [1.165, 1.54) is 23.2 Å². The predicted octanol–water partition coefficient (Wildman–Crippen LogP) is 2.80. The molecule has 0 aliphatic carbocycles. The highest BCUT2D eigenvalue weighted by atomic mass is 16.5. The molecule has 1 atom stereocenters. The molecule has 0 saturated carbocycles. The lowest BCUT2D eigenvalue weighted by molar-refractivity contribution is -0.143. The van der Waals surface area contributed by atoms with E-state index in [4.69, 9.17) is 19.3 Å². The van der Waals surface area contributed by atoms with Crippen LogP contribution >= 0.6 is 0 Å². The zero-order chi connectivity index (χ0) is 27.1. The summed E-state index contributed by atoms with van der Waals surface area (Å²) >= 11 is 0. The van der Waals surface area contributed by atoms with Gasteiger partial charge in [-0.25, -0.2) is 5.01 Å². The largest absolute Gasteiger partial charge is 0.496 e. The van der Waals surface area contributed by atoms with Crippen molar-refractivity contribution in [3.63, 3.8) is 0 Å². The van der Waals surface area contributed by atoms with Crippen LogP contribution in [-0.2, 0) is 19.1 Å². The molecule has 2 aromatic carbocycles. The van der Waals surface area contributed by atoms with E-state index < -0.39 is 0 Å². The fourth-order valence-electron chi connectivity index (χ4n) is 4.85. The standard InChI is InChI=1S/C29H38N4O5/c1-21-9-10-23(17-22(21)2)25-18-26(24-7-5-6-8-27(24)37-4)33(30-25)28(34)19-32(29(35)20-36-3)12-11-31-13-15-38-16-14-31/h5-10,17,26H,11-16,18-20H2,1-4H3. The summed E-state index contributed by atoms with van der Waals surface area (Å²) < 4.78 is 16.2. The summed E-state index contributed by atoms with van der Waals surface area (Å²) in [6.45, 7) is 8.05. The lowest BCUT2D eigenvalue weighted by atomic mass is 9.96. The van der Waals surface area contributed by atoms with Crippen LogP contribution < -0.4 is 4.74 Å². The van der Waals surface area contributed by atoms with Gasteiger partial charge in [0.2, 0.25) is 5.91 Å². The van der Waals surface area contributed by atoms with Crippen molar-refractivity contribution in [2.45, 2.75) is 26.3 Å². The maximum Gasteiger partial charge on any atom is 0.262 e. The molecule has 2 aromatic rings. The third kappa shape index (κ3) is 6.59. The molecule has 2 aliphatic rings. The Kier molecular flexibility index (Phi) is 9.49. The van der Waals surface area contributed by atoms with Crippen LogP contribution in [0.1, 0.15) is 34.7 Å². The number of para-hydroxylation sites is 1. The molecule has 0 spiro atoms. The van der Waals surface area contributed by atoms with Gasteiger partial charge in [-0.1, -0.05) is 30.3 Å². The first-order valence-electron chi connectivity index (χ1n) is 13.1. The van der Waals surface area contributed by atoms with E-state index in [2.05, 4.69) is 30.9 Å². The molecule has 0 radical (unpaired) electrons. The van der Waals surface area contributed by atoms with Crippen molar-refractivity contribution in [3.05, 3.63) is 64.7 Å². The number of carbonyl (C=O) groups excluding carboxylic acids is 2. The van der Waals surface area contributed by atoms with Gasteiger partial charge in [-0.05, 0) is 42.7 Å². The zero-order valence-electron chi connectivity index (χ0n) is 22.8. The zero-order valence-corrected chi connectivity index (χ0v) is 22.8. The highest BCUT2D eigenvalue weighted by molar-refractivity contribution is 6.03. The maximum absolute atomic E-state index is 13.8. The number of rotatable bonds is 10. The number of hydrogen-bond acceptors (Lipinski definition) is 7. The highest BCUT2D eigenvalue weighted by Crippen LogP contribution is 2.37. The first-order chi connectivity index (χ1) is 18.4. The van der Waals surface area contributed by atoms with Gasteiger partial charge >= 0.3 is 0 Å². The Balaban J connectivity index is 1.60. The lowest BCUT2D eigenvalue weighted by Crippen LogP contribution is -2.47. The monoisotopic (exact) mass is 522 g/mol. The predicted molar refractivity (Wildman–Crippen MR) is 145 cm³/mol. The summed E-state index contributed by atoms with van der Waals surface area (Å²) in [6.07, 6.45) is 0.550. The Morgan fingerprint density at radius 1 is 1.08 bits per heavy atom. The molecule has 2 amide bonds. The van der Waals surface area contributed by atoms with Gasteiger partial charge in [0, 0.05) is 45.3 Å². The minimum atomic E-state index is -0.339. The fourth-order valence-corrected chi connectivity index (χ4v) is 4.85. The summed E-state index contributed by atoms with van der Waals surface area (Å²) in [7, 11) is 3.11. The van der Waals surface area contributed by atoms with E-state index >= 15 is 0 Å². The molecule has 9 nitrogen and oxygen atoms in total. The third-order valence-electron chi connectivity index (χ3n) is 7.24. The molecular weight excluding hydrogens is 484 g/mol. The number of ether oxygens (including phenoxy) is 3. The van der Waals surface area contributed by atoms with Crippen LogP contribution in [0, 0.1) is 13.8 Å². The maximum atomic E-state index is 13.8. The first-order valence-corrected chi connectivity index (χ1v) is 13.1. The Morgan fingerprint density at radius 3 is 2.55 bits per heavy atom. The van der Waals surface area contributed by atoms with Crippen molar-refractivity contribution in [1.82, 2.24) is 14.8 Å². The van der Waals surface area contributed by atoms with Crippen LogP contribution in [0.25, 0.3) is 0 Å². The topological polar surface area (TPSA) is 83.9 Å². The fraction of sp³-hybridized carbons (Fsp3) is 0.483. The lowest BCUT2D eigenvalue weighted by Gasteiger charge is -2.31. The van der Waals surface area contributed by atoms with Crippen LogP contribution in [0.15, 0.2) is 47.6 Å². The van der Waals surface area contributed by atoms with Gasteiger partial charge in [0.1, 0.15) is 18.9 Å². The number of nitrogens with zero attached hydrogens (tertiary/aromatic N) is 4. The van der Waals surface area contributed by atoms with Crippen molar-refractivity contribution < 1.29 is 23.8 Å². The number of carbonyl (C=O) groups is 2. The smallest absolute Gasteiger partial charge is 0.262 e. The molecule has 2 heterocycles. The molecule has 1 unspecified atom stereocenters. The van der Waals surface area contributed by atoms with Gasteiger partial charge in [0.15, 0.2) is 0 Å².